The van der Waals surface area contributed by atoms with Crippen molar-refractivity contribution in [3.05, 3.63) is 60.9 Å². The zero-order valence-corrected chi connectivity index (χ0v) is 26.3. The Morgan fingerprint density at radius 3 is 2.58 bits per heavy atom. The Morgan fingerprint density at radius 2 is 1.82 bits per heavy atom. The average Bonchev–Trinajstić information content (AvgIpc) is 3.79. The van der Waals surface area contributed by atoms with E-state index in [1.807, 2.05) is 12.3 Å². The van der Waals surface area contributed by atoms with Crippen LogP contribution in [0.2, 0.25) is 0 Å². The summed E-state index contributed by atoms with van der Waals surface area (Å²) >= 11 is 0. The first-order valence-electron chi connectivity index (χ1n) is 16.9. The maximum absolute atomic E-state index is 5.86. The molecule has 4 aromatic rings. The number of nitrogens with zero attached hydrogens (tertiary/aromatic N) is 6. The van der Waals surface area contributed by atoms with E-state index >= 15 is 0 Å². The molecule has 0 unspecified atom stereocenters. The number of hydrogen-bond donors (Lipinski definition) is 2. The zero-order valence-electron chi connectivity index (χ0n) is 26.3. The van der Waals surface area contributed by atoms with Crippen LogP contribution in [0.5, 0.6) is 5.75 Å². The smallest absolute Gasteiger partial charge is 0.227 e. The molecule has 0 atom stereocenters. The molecule has 6 heterocycles. The molecule has 1 aliphatic carbocycles. The van der Waals surface area contributed by atoms with Gasteiger partial charge in [-0.05, 0) is 69.0 Å². The molecule has 2 N–H and O–H groups in total. The van der Waals surface area contributed by atoms with Crippen molar-refractivity contribution in [3.63, 3.8) is 0 Å². The largest absolute Gasteiger partial charge is 0.494 e. The predicted molar refractivity (Wildman–Crippen MR) is 180 cm³/mol. The van der Waals surface area contributed by atoms with Gasteiger partial charge >= 0.3 is 0 Å². The van der Waals surface area contributed by atoms with Gasteiger partial charge in [-0.1, -0.05) is 18.2 Å². The molecule has 2 aromatic heterocycles. The summed E-state index contributed by atoms with van der Waals surface area (Å²) in [7, 11) is 1.74. The van der Waals surface area contributed by atoms with E-state index < -0.39 is 0 Å². The number of fused-ring (bicyclic) bond motifs is 1. The first-order valence-corrected chi connectivity index (χ1v) is 16.9. The maximum Gasteiger partial charge on any atom is 0.227 e. The molecule has 9 heteroatoms. The summed E-state index contributed by atoms with van der Waals surface area (Å²) in [6.07, 6.45) is 9.24. The molecule has 2 aromatic carbocycles. The number of aromatic nitrogens is 3. The number of benzene rings is 2. The fourth-order valence-corrected chi connectivity index (χ4v) is 8.12. The van der Waals surface area contributed by atoms with E-state index in [4.69, 9.17) is 9.72 Å². The lowest BCUT2D eigenvalue weighted by Gasteiger charge is -2.57. The van der Waals surface area contributed by atoms with Crippen LogP contribution < -0.4 is 20.3 Å². The van der Waals surface area contributed by atoms with Crippen LogP contribution >= 0.6 is 0 Å². The van der Waals surface area contributed by atoms with Crippen molar-refractivity contribution in [3.8, 4) is 17.0 Å². The van der Waals surface area contributed by atoms with Gasteiger partial charge in [0, 0.05) is 104 Å². The highest BCUT2D eigenvalue weighted by molar-refractivity contribution is 5.95. The molecule has 0 radical (unpaired) electrons. The molecule has 234 valence electrons. The Hall–Kier alpha value is -3.66. The monoisotopic (exact) mass is 604 g/mol. The predicted octanol–water partition coefficient (Wildman–Crippen LogP) is 4.99. The van der Waals surface area contributed by atoms with Gasteiger partial charge in [0.2, 0.25) is 5.95 Å². The highest BCUT2D eigenvalue weighted by Crippen LogP contribution is 2.45. The third-order valence-electron chi connectivity index (χ3n) is 11.2. The second kappa shape index (κ2) is 11.0. The number of hydrogen-bond acceptors (Lipinski definition) is 8. The highest BCUT2D eigenvalue weighted by atomic mass is 16.5. The molecule has 9 rings (SSSR count). The fraction of sp³-hybridized carbons (Fsp3) is 0.500. The van der Waals surface area contributed by atoms with E-state index in [1.165, 1.54) is 88.1 Å². The summed E-state index contributed by atoms with van der Waals surface area (Å²) in [4.78, 5) is 17.5. The van der Waals surface area contributed by atoms with E-state index in [9.17, 15) is 0 Å². The SMILES string of the molecule is COc1cc(N2CC3(CCN(C4CN(CC5CNC5)C4)CC3)C2)ccc1Nc1nccc(-c2cn(C3CC3)c3ccccc23)n1. The second-order valence-electron chi connectivity index (χ2n) is 14.3. The molecule has 0 bridgehead atoms. The Kier molecular flexibility index (Phi) is 6.75. The van der Waals surface area contributed by atoms with E-state index in [2.05, 4.69) is 83.5 Å². The normalized spacial score (nSPS) is 22.3. The second-order valence-corrected chi connectivity index (χ2v) is 14.3. The fourth-order valence-electron chi connectivity index (χ4n) is 8.12. The van der Waals surface area contributed by atoms with Crippen LogP contribution in [-0.2, 0) is 0 Å². The molecular weight excluding hydrogens is 560 g/mol. The summed E-state index contributed by atoms with van der Waals surface area (Å²) < 4.78 is 8.28. The minimum atomic E-state index is 0.471. The van der Waals surface area contributed by atoms with Crippen molar-refractivity contribution in [2.75, 3.05) is 76.2 Å². The van der Waals surface area contributed by atoms with Gasteiger partial charge in [-0.15, -0.1) is 0 Å². The minimum absolute atomic E-state index is 0.471. The molecule has 0 amide bonds. The molecule has 1 spiro atoms. The Labute approximate surface area is 265 Å². The summed E-state index contributed by atoms with van der Waals surface area (Å²) in [6, 6.07) is 18.5. The lowest BCUT2D eigenvalue weighted by molar-refractivity contribution is -0.0201. The van der Waals surface area contributed by atoms with Crippen LogP contribution in [0.3, 0.4) is 0 Å². The number of nitrogens with one attached hydrogen (secondary N) is 2. The molecule has 1 saturated carbocycles. The lowest BCUT2D eigenvalue weighted by Crippen LogP contribution is -2.66. The maximum atomic E-state index is 5.86. The van der Waals surface area contributed by atoms with E-state index in [-0.39, 0.29) is 0 Å². The third-order valence-corrected chi connectivity index (χ3v) is 11.2. The summed E-state index contributed by atoms with van der Waals surface area (Å²) in [5.41, 5.74) is 5.94. The minimum Gasteiger partial charge on any atom is -0.494 e. The van der Waals surface area contributed by atoms with Crippen molar-refractivity contribution >= 4 is 28.2 Å². The molecule has 4 saturated heterocycles. The number of methoxy groups -OCH3 is 1. The van der Waals surface area contributed by atoms with Crippen molar-refractivity contribution in [2.24, 2.45) is 11.3 Å². The first-order chi connectivity index (χ1) is 22.1. The number of rotatable bonds is 9. The number of ether oxygens (including phenoxy) is 1. The number of para-hydroxylation sites is 1. The van der Waals surface area contributed by atoms with Gasteiger partial charge in [0.1, 0.15) is 5.75 Å². The van der Waals surface area contributed by atoms with Gasteiger partial charge < -0.3 is 24.8 Å². The summed E-state index contributed by atoms with van der Waals surface area (Å²) in [6.45, 7) is 11.1. The van der Waals surface area contributed by atoms with Gasteiger partial charge in [-0.2, -0.15) is 0 Å². The average molecular weight is 605 g/mol. The van der Waals surface area contributed by atoms with Crippen molar-refractivity contribution < 1.29 is 4.74 Å². The quantitative estimate of drug-likeness (QED) is 0.277. The van der Waals surface area contributed by atoms with Crippen LogP contribution in [0, 0.1) is 11.3 Å². The van der Waals surface area contributed by atoms with Gasteiger partial charge in [0.25, 0.3) is 0 Å². The van der Waals surface area contributed by atoms with Gasteiger partial charge in [0.15, 0.2) is 0 Å². The van der Waals surface area contributed by atoms with Crippen LogP contribution in [0.4, 0.5) is 17.3 Å². The zero-order chi connectivity index (χ0) is 30.0. The molecule has 5 aliphatic rings. The Morgan fingerprint density at radius 1 is 1.00 bits per heavy atom. The van der Waals surface area contributed by atoms with Crippen LogP contribution in [0.25, 0.3) is 22.2 Å². The van der Waals surface area contributed by atoms with E-state index in [0.29, 0.717) is 17.4 Å². The molecule has 5 fully saturated rings. The van der Waals surface area contributed by atoms with Gasteiger partial charge in [-0.3, -0.25) is 9.80 Å². The Balaban J connectivity index is 0.835. The third kappa shape index (κ3) is 5.15. The van der Waals surface area contributed by atoms with E-state index in [0.717, 1.165) is 47.7 Å². The van der Waals surface area contributed by atoms with Crippen LogP contribution in [-0.4, -0.2) is 96.4 Å². The van der Waals surface area contributed by atoms with Crippen molar-refractivity contribution in [1.29, 1.82) is 0 Å². The number of anilines is 3. The van der Waals surface area contributed by atoms with E-state index in [1.54, 1.807) is 7.11 Å². The summed E-state index contributed by atoms with van der Waals surface area (Å²) in [5.74, 6) is 2.27. The lowest BCUT2D eigenvalue weighted by atomic mass is 9.71. The van der Waals surface area contributed by atoms with Gasteiger partial charge in [0.05, 0.1) is 18.5 Å². The molecule has 45 heavy (non-hydrogen) atoms. The number of likely N-dealkylation sites (tertiary alicyclic amines) is 2. The molecule has 4 aliphatic heterocycles. The van der Waals surface area contributed by atoms with Crippen LogP contribution in [0.15, 0.2) is 60.9 Å². The molecule has 9 nitrogen and oxygen atoms in total. The first kappa shape index (κ1) is 27.6. The van der Waals surface area contributed by atoms with Crippen molar-refractivity contribution in [1.82, 2.24) is 29.7 Å². The van der Waals surface area contributed by atoms with Crippen molar-refractivity contribution in [2.45, 2.75) is 37.8 Å². The Bertz CT molecular complexity index is 1690. The standard InChI is InChI=1S/C36H44N8O/c1-45-34-16-27(43-23-36(24-43)11-14-42(15-12-36)28-20-41(21-28)19-25-17-37-18-25)8-9-32(34)40-35-38-13-10-31(39-35)30-22-44(26-6-7-26)33-5-3-2-4-29(30)33/h2-5,8-10,13,16,22,25-26,28,37H,6-7,11-12,14-15,17-21,23-24H2,1H3,(H,38,39,40). The highest BCUT2D eigenvalue weighted by Gasteiger charge is 2.47. The number of piperidine rings is 1. The molecular formula is C36H44N8O. The van der Waals surface area contributed by atoms with Crippen LogP contribution in [0.1, 0.15) is 31.7 Å². The van der Waals surface area contributed by atoms with Gasteiger partial charge in [-0.25, -0.2) is 9.97 Å². The summed E-state index contributed by atoms with van der Waals surface area (Å²) in [5, 5.41) is 8.09. The topological polar surface area (TPSA) is 73.7 Å².